The average Bonchev–Trinajstić information content (AvgIpc) is 2.69. The zero-order chi connectivity index (χ0) is 10.9. The molecule has 0 spiro atoms. The van der Waals surface area contributed by atoms with Crippen LogP contribution in [0.1, 0.15) is 0 Å². The zero-order valence-electron chi connectivity index (χ0n) is 7.51. The first-order valence-electron chi connectivity index (χ1n) is 4.12. The monoisotopic (exact) mass is 242 g/mol. The van der Waals surface area contributed by atoms with Crippen LogP contribution in [-0.2, 0) is 9.05 Å². The topological polar surface area (TPSA) is 62.8 Å². The second-order valence-electron chi connectivity index (χ2n) is 2.92. The Morgan fingerprint density at radius 2 is 2.00 bits per heavy atom. The molecule has 0 fully saturated rings. The molecule has 15 heavy (non-hydrogen) atoms. The minimum Gasteiger partial charge on any atom is -0.285 e. The molecule has 1 aromatic carbocycles. The van der Waals surface area contributed by atoms with Gasteiger partial charge in [0.25, 0.3) is 9.05 Å². The van der Waals surface area contributed by atoms with E-state index in [0.29, 0.717) is 11.1 Å². The molecule has 4 nitrogen and oxygen atoms in total. The average molecular weight is 243 g/mol. The minimum atomic E-state index is -3.73. The molecule has 1 aromatic heterocycles. The van der Waals surface area contributed by atoms with Gasteiger partial charge < -0.3 is 0 Å². The number of H-pyrrole nitrogens is 1. The van der Waals surface area contributed by atoms with Gasteiger partial charge >= 0.3 is 0 Å². The Labute approximate surface area is 91.3 Å². The molecule has 0 saturated carbocycles. The largest absolute Gasteiger partial charge is 0.285 e. The van der Waals surface area contributed by atoms with Crippen LogP contribution in [0, 0.1) is 0 Å². The van der Waals surface area contributed by atoms with E-state index in [1.54, 1.807) is 30.6 Å². The van der Waals surface area contributed by atoms with Crippen molar-refractivity contribution in [2.45, 2.75) is 4.90 Å². The third-order valence-corrected chi connectivity index (χ3v) is 3.34. The molecule has 0 aliphatic rings. The van der Waals surface area contributed by atoms with Crippen LogP contribution >= 0.6 is 10.7 Å². The van der Waals surface area contributed by atoms with E-state index >= 15 is 0 Å². The Morgan fingerprint density at radius 3 is 2.60 bits per heavy atom. The molecule has 0 aliphatic heterocycles. The molecule has 2 aromatic rings. The maximum Gasteiger partial charge on any atom is 0.261 e. The number of benzene rings is 1. The fourth-order valence-corrected chi connectivity index (χ4v) is 2.41. The smallest absolute Gasteiger partial charge is 0.261 e. The van der Waals surface area contributed by atoms with Gasteiger partial charge in [0.2, 0.25) is 0 Å². The van der Waals surface area contributed by atoms with Crippen LogP contribution in [0.2, 0.25) is 0 Å². The summed E-state index contributed by atoms with van der Waals surface area (Å²) >= 11 is 0. The van der Waals surface area contributed by atoms with Crippen LogP contribution in [0.15, 0.2) is 41.6 Å². The molecule has 78 valence electrons. The van der Waals surface area contributed by atoms with Crippen molar-refractivity contribution >= 4 is 19.7 Å². The lowest BCUT2D eigenvalue weighted by Crippen LogP contribution is -1.93. The molecule has 0 atom stereocenters. The van der Waals surface area contributed by atoms with E-state index in [-0.39, 0.29) is 4.90 Å². The molecule has 1 heterocycles. The quantitative estimate of drug-likeness (QED) is 0.820. The normalized spacial score (nSPS) is 11.5. The maximum atomic E-state index is 11.3. The van der Waals surface area contributed by atoms with Gasteiger partial charge in [0.05, 0.1) is 11.1 Å². The number of hydrogen-bond donors (Lipinski definition) is 1. The number of rotatable bonds is 2. The van der Waals surface area contributed by atoms with Gasteiger partial charge in [-0.15, -0.1) is 0 Å². The van der Waals surface area contributed by atoms with E-state index in [9.17, 15) is 8.42 Å². The highest BCUT2D eigenvalue weighted by Crippen LogP contribution is 2.28. The third kappa shape index (κ3) is 2.03. The molecule has 1 N–H and O–H groups in total. The second kappa shape index (κ2) is 3.67. The van der Waals surface area contributed by atoms with E-state index in [0.717, 1.165) is 0 Å². The molecule has 0 aliphatic carbocycles. The summed E-state index contributed by atoms with van der Waals surface area (Å²) in [5.41, 5.74) is 1.23. The number of halogens is 1. The van der Waals surface area contributed by atoms with Gasteiger partial charge in [0, 0.05) is 28.0 Å². The van der Waals surface area contributed by atoms with Gasteiger partial charge in [-0.3, -0.25) is 5.10 Å². The standard InChI is InChI=1S/C9H7ClN2O2S/c10-15(13,14)9-4-2-1-3-8(9)7-5-11-12-6-7/h1-6H,(H,11,12). The van der Waals surface area contributed by atoms with E-state index < -0.39 is 9.05 Å². The molecule has 2 rings (SSSR count). The Kier molecular flexibility index (Phi) is 2.50. The Bertz CT molecular complexity index is 564. The number of hydrogen-bond acceptors (Lipinski definition) is 3. The SMILES string of the molecule is O=S(=O)(Cl)c1ccccc1-c1cn[nH]c1. The lowest BCUT2D eigenvalue weighted by molar-refractivity contribution is 0.610. The summed E-state index contributed by atoms with van der Waals surface area (Å²) in [7, 11) is 1.59. The third-order valence-electron chi connectivity index (χ3n) is 1.96. The molecule has 0 radical (unpaired) electrons. The second-order valence-corrected chi connectivity index (χ2v) is 5.46. The zero-order valence-corrected chi connectivity index (χ0v) is 9.09. The van der Waals surface area contributed by atoms with E-state index in [4.69, 9.17) is 10.7 Å². The highest BCUT2D eigenvalue weighted by molar-refractivity contribution is 8.13. The summed E-state index contributed by atoms with van der Waals surface area (Å²) in [5, 5.41) is 6.38. The van der Waals surface area contributed by atoms with Crippen molar-refractivity contribution in [3.05, 3.63) is 36.7 Å². The molecule has 0 bridgehead atoms. The van der Waals surface area contributed by atoms with Crippen molar-refractivity contribution in [2.24, 2.45) is 0 Å². The van der Waals surface area contributed by atoms with Gasteiger partial charge in [-0.25, -0.2) is 8.42 Å². The van der Waals surface area contributed by atoms with Crippen molar-refractivity contribution in [1.29, 1.82) is 0 Å². The summed E-state index contributed by atoms with van der Waals surface area (Å²) in [6.07, 6.45) is 3.15. The molecule has 0 amide bonds. The summed E-state index contributed by atoms with van der Waals surface area (Å²) in [6.45, 7) is 0. The van der Waals surface area contributed by atoms with Crippen LogP contribution in [0.4, 0.5) is 0 Å². The minimum absolute atomic E-state index is 0.0908. The summed E-state index contributed by atoms with van der Waals surface area (Å²) in [5.74, 6) is 0. The molecule has 0 unspecified atom stereocenters. The summed E-state index contributed by atoms with van der Waals surface area (Å²) in [4.78, 5) is 0.0908. The molecular weight excluding hydrogens is 236 g/mol. The first-order valence-corrected chi connectivity index (χ1v) is 6.43. The van der Waals surface area contributed by atoms with Gasteiger partial charge in [-0.05, 0) is 6.07 Å². The van der Waals surface area contributed by atoms with Crippen molar-refractivity contribution in [3.8, 4) is 11.1 Å². The highest BCUT2D eigenvalue weighted by atomic mass is 35.7. The van der Waals surface area contributed by atoms with Crippen molar-refractivity contribution in [2.75, 3.05) is 0 Å². The van der Waals surface area contributed by atoms with Gasteiger partial charge in [-0.1, -0.05) is 18.2 Å². The van der Waals surface area contributed by atoms with Gasteiger partial charge in [-0.2, -0.15) is 5.10 Å². The van der Waals surface area contributed by atoms with Gasteiger partial charge in [0.1, 0.15) is 0 Å². The summed E-state index contributed by atoms with van der Waals surface area (Å²) < 4.78 is 22.6. The Hall–Kier alpha value is -1.33. The lowest BCUT2D eigenvalue weighted by Gasteiger charge is -2.03. The fraction of sp³-hybridized carbons (Fsp3) is 0. The van der Waals surface area contributed by atoms with Crippen LogP contribution in [-0.4, -0.2) is 18.6 Å². The summed E-state index contributed by atoms with van der Waals surface area (Å²) in [6, 6.07) is 6.51. The number of aromatic amines is 1. The van der Waals surface area contributed by atoms with Crippen molar-refractivity contribution in [3.63, 3.8) is 0 Å². The Balaban J connectivity index is 2.68. The van der Waals surface area contributed by atoms with Gasteiger partial charge in [0.15, 0.2) is 0 Å². The Morgan fingerprint density at radius 1 is 1.27 bits per heavy atom. The molecular formula is C9H7ClN2O2S. The number of nitrogens with zero attached hydrogens (tertiary/aromatic N) is 1. The molecule has 0 saturated heterocycles. The van der Waals surface area contributed by atoms with Crippen LogP contribution in [0.25, 0.3) is 11.1 Å². The first-order chi connectivity index (χ1) is 7.09. The lowest BCUT2D eigenvalue weighted by atomic mass is 10.1. The predicted molar refractivity (Wildman–Crippen MR) is 57.1 cm³/mol. The van der Waals surface area contributed by atoms with Crippen molar-refractivity contribution in [1.82, 2.24) is 10.2 Å². The fourth-order valence-electron chi connectivity index (χ4n) is 1.32. The molecule has 6 heteroatoms. The van der Waals surface area contributed by atoms with Crippen LogP contribution < -0.4 is 0 Å². The number of nitrogens with one attached hydrogen (secondary N) is 1. The van der Waals surface area contributed by atoms with E-state index in [2.05, 4.69) is 10.2 Å². The first kappa shape index (κ1) is 10.2. The van der Waals surface area contributed by atoms with Crippen LogP contribution in [0.3, 0.4) is 0 Å². The highest BCUT2D eigenvalue weighted by Gasteiger charge is 2.16. The number of aromatic nitrogens is 2. The predicted octanol–water partition coefficient (Wildman–Crippen LogP) is 2.00. The van der Waals surface area contributed by atoms with Crippen molar-refractivity contribution < 1.29 is 8.42 Å². The van der Waals surface area contributed by atoms with Crippen LogP contribution in [0.5, 0.6) is 0 Å². The van der Waals surface area contributed by atoms with E-state index in [1.165, 1.54) is 6.07 Å². The van der Waals surface area contributed by atoms with E-state index in [1.807, 2.05) is 0 Å². The maximum absolute atomic E-state index is 11.3.